The van der Waals surface area contributed by atoms with Crippen LogP contribution >= 0.6 is 11.6 Å². The maximum Gasteiger partial charge on any atom is 0.264 e. The van der Waals surface area contributed by atoms with Gasteiger partial charge < -0.3 is 9.47 Å². The van der Waals surface area contributed by atoms with Crippen LogP contribution in [0, 0.1) is 5.82 Å². The number of anilines is 1. The first-order chi connectivity index (χ1) is 19.8. The van der Waals surface area contributed by atoms with E-state index in [9.17, 15) is 17.6 Å². The van der Waals surface area contributed by atoms with Crippen molar-refractivity contribution < 1.29 is 27.1 Å². The average molecular weight is 596 g/mol. The Morgan fingerprint density at radius 2 is 1.66 bits per heavy atom. The van der Waals surface area contributed by atoms with Crippen molar-refractivity contribution >= 4 is 39.4 Å². The number of rotatable bonds is 12. The van der Waals surface area contributed by atoms with Crippen LogP contribution in [0.25, 0.3) is 0 Å². The number of hydrogen-bond acceptors (Lipinski definition) is 6. The van der Waals surface area contributed by atoms with Crippen LogP contribution in [-0.2, 0) is 21.4 Å². The lowest BCUT2D eigenvalue weighted by Gasteiger charge is -2.23. The first-order valence-corrected chi connectivity index (χ1v) is 14.4. The summed E-state index contributed by atoms with van der Waals surface area (Å²) in [5.41, 5.74) is 4.03. The van der Waals surface area contributed by atoms with Gasteiger partial charge in [0.2, 0.25) is 0 Å². The Morgan fingerprint density at radius 1 is 0.951 bits per heavy atom. The van der Waals surface area contributed by atoms with Crippen molar-refractivity contribution in [3.63, 3.8) is 0 Å². The van der Waals surface area contributed by atoms with Crippen LogP contribution in [0.15, 0.2) is 107 Å². The molecule has 0 saturated carbocycles. The number of carbonyl (C=O) groups excluding carboxylic acids is 1. The van der Waals surface area contributed by atoms with Gasteiger partial charge in [-0.1, -0.05) is 41.9 Å². The molecule has 0 aliphatic rings. The van der Waals surface area contributed by atoms with Crippen molar-refractivity contribution in [2.45, 2.75) is 18.4 Å². The lowest BCUT2D eigenvalue weighted by atomic mass is 10.2. The van der Waals surface area contributed by atoms with E-state index in [2.05, 4.69) is 10.5 Å². The van der Waals surface area contributed by atoms with E-state index in [1.807, 2.05) is 19.1 Å². The molecule has 0 aromatic heterocycles. The van der Waals surface area contributed by atoms with Crippen LogP contribution in [0.5, 0.6) is 11.5 Å². The van der Waals surface area contributed by atoms with Gasteiger partial charge in [-0.25, -0.2) is 18.2 Å². The highest BCUT2D eigenvalue weighted by molar-refractivity contribution is 7.92. The van der Waals surface area contributed by atoms with Crippen molar-refractivity contribution in [2.24, 2.45) is 5.10 Å². The highest BCUT2D eigenvalue weighted by Crippen LogP contribution is 2.29. The molecule has 0 saturated heterocycles. The molecule has 0 aliphatic carbocycles. The summed E-state index contributed by atoms with van der Waals surface area (Å²) in [4.78, 5) is 12.8. The normalized spacial score (nSPS) is 11.3. The molecule has 11 heteroatoms. The highest BCUT2D eigenvalue weighted by atomic mass is 35.5. The minimum absolute atomic E-state index is 0.0116. The van der Waals surface area contributed by atoms with Gasteiger partial charge >= 0.3 is 0 Å². The Balaban J connectivity index is 1.45. The number of carbonyl (C=O) groups is 1. The van der Waals surface area contributed by atoms with Gasteiger partial charge in [0, 0.05) is 5.02 Å². The lowest BCUT2D eigenvalue weighted by Crippen LogP contribution is -2.39. The summed E-state index contributed by atoms with van der Waals surface area (Å²) < 4.78 is 52.7. The number of ether oxygens (including phenoxy) is 2. The maximum absolute atomic E-state index is 13.5. The Kier molecular flexibility index (Phi) is 9.94. The molecule has 0 aliphatic heterocycles. The van der Waals surface area contributed by atoms with Gasteiger partial charge in [0.1, 0.15) is 19.0 Å². The number of nitrogens with zero attached hydrogens (tertiary/aromatic N) is 2. The second-order valence-electron chi connectivity index (χ2n) is 8.65. The van der Waals surface area contributed by atoms with E-state index >= 15 is 0 Å². The third-order valence-electron chi connectivity index (χ3n) is 5.71. The second kappa shape index (κ2) is 13.8. The summed E-state index contributed by atoms with van der Waals surface area (Å²) in [6.45, 7) is 1.99. The summed E-state index contributed by atoms with van der Waals surface area (Å²) >= 11 is 5.94. The Morgan fingerprint density at radius 3 is 2.34 bits per heavy atom. The topological polar surface area (TPSA) is 97.3 Å². The number of amides is 1. The van der Waals surface area contributed by atoms with Gasteiger partial charge in [-0.3, -0.25) is 9.10 Å². The third-order valence-corrected chi connectivity index (χ3v) is 7.75. The smallest absolute Gasteiger partial charge is 0.264 e. The van der Waals surface area contributed by atoms with E-state index in [0.717, 1.165) is 22.0 Å². The SMILES string of the molecule is CCOc1cc(/C=N\NC(=O)CN(c2ccc(F)cc2)S(=O)(=O)c2ccccc2)ccc1OCc1ccc(Cl)cc1. The molecule has 1 amide bonds. The van der Waals surface area contributed by atoms with E-state index in [1.54, 1.807) is 48.5 Å². The number of nitrogens with one attached hydrogen (secondary N) is 1. The van der Waals surface area contributed by atoms with Crippen molar-refractivity contribution in [1.82, 2.24) is 5.43 Å². The average Bonchev–Trinajstić information content (AvgIpc) is 2.97. The minimum Gasteiger partial charge on any atom is -0.490 e. The van der Waals surface area contributed by atoms with Gasteiger partial charge in [0.15, 0.2) is 11.5 Å². The van der Waals surface area contributed by atoms with Crippen LogP contribution in [0.4, 0.5) is 10.1 Å². The van der Waals surface area contributed by atoms with Crippen LogP contribution in [0.3, 0.4) is 0 Å². The van der Waals surface area contributed by atoms with Crippen LogP contribution in [0.1, 0.15) is 18.1 Å². The summed E-state index contributed by atoms with van der Waals surface area (Å²) in [5, 5.41) is 4.61. The standard InChI is InChI=1S/C30H27ClFN3O5S/c1-2-39-29-18-23(10-17-28(29)40-21-22-8-11-24(31)12-9-22)19-33-34-30(36)20-35(26-15-13-25(32)14-16-26)41(37,38)27-6-4-3-5-7-27/h3-19H,2,20-21H2,1H3,(H,34,36)/b33-19-. The first-order valence-electron chi connectivity index (χ1n) is 12.6. The van der Waals surface area contributed by atoms with Crippen molar-refractivity contribution in [1.29, 1.82) is 0 Å². The van der Waals surface area contributed by atoms with E-state index in [-0.39, 0.29) is 10.6 Å². The first kappa shape index (κ1) is 29.6. The molecule has 41 heavy (non-hydrogen) atoms. The predicted molar refractivity (Wildman–Crippen MR) is 157 cm³/mol. The molecule has 0 fully saturated rings. The molecule has 0 unspecified atom stereocenters. The molecule has 1 N–H and O–H groups in total. The fourth-order valence-electron chi connectivity index (χ4n) is 3.72. The number of hydrazone groups is 1. The Bertz CT molecular complexity index is 1600. The second-order valence-corrected chi connectivity index (χ2v) is 10.9. The lowest BCUT2D eigenvalue weighted by molar-refractivity contribution is -0.119. The largest absolute Gasteiger partial charge is 0.490 e. The number of hydrogen-bond donors (Lipinski definition) is 1. The molecule has 8 nitrogen and oxygen atoms in total. The minimum atomic E-state index is -4.12. The quantitative estimate of drug-likeness (QED) is 0.165. The van der Waals surface area contributed by atoms with Gasteiger partial charge in [0.25, 0.3) is 15.9 Å². The fraction of sp³-hybridized carbons (Fsp3) is 0.133. The Labute approximate surface area is 243 Å². The van der Waals surface area contributed by atoms with E-state index in [1.165, 1.54) is 30.5 Å². The number of halogens is 2. The van der Waals surface area contributed by atoms with E-state index < -0.39 is 28.3 Å². The Hall–Kier alpha value is -4.41. The van der Waals surface area contributed by atoms with Gasteiger partial charge in [-0.15, -0.1) is 0 Å². The molecule has 0 bridgehead atoms. The van der Waals surface area contributed by atoms with Crippen LogP contribution < -0.4 is 19.2 Å². The molecule has 4 aromatic rings. The molecule has 0 radical (unpaired) electrons. The molecule has 0 heterocycles. The van der Waals surface area contributed by atoms with Gasteiger partial charge in [0.05, 0.1) is 23.4 Å². The number of sulfonamides is 1. The van der Waals surface area contributed by atoms with Crippen LogP contribution in [0.2, 0.25) is 5.02 Å². The number of benzene rings is 4. The highest BCUT2D eigenvalue weighted by Gasteiger charge is 2.27. The fourth-order valence-corrected chi connectivity index (χ4v) is 5.29. The maximum atomic E-state index is 13.5. The van der Waals surface area contributed by atoms with Gasteiger partial charge in [-0.2, -0.15) is 5.10 Å². The van der Waals surface area contributed by atoms with E-state index in [0.29, 0.717) is 35.3 Å². The summed E-state index contributed by atoms with van der Waals surface area (Å²) in [5.74, 6) is -0.206. The molecule has 212 valence electrons. The van der Waals surface area contributed by atoms with Crippen molar-refractivity contribution in [2.75, 3.05) is 17.5 Å². The molecule has 4 aromatic carbocycles. The van der Waals surface area contributed by atoms with Crippen LogP contribution in [-0.4, -0.2) is 33.7 Å². The third kappa shape index (κ3) is 8.06. The summed E-state index contributed by atoms with van der Waals surface area (Å²) in [6, 6.07) is 25.0. The molecule has 0 atom stereocenters. The summed E-state index contributed by atoms with van der Waals surface area (Å²) in [7, 11) is -4.12. The molecule has 0 spiro atoms. The van der Waals surface area contributed by atoms with E-state index in [4.69, 9.17) is 21.1 Å². The zero-order valence-corrected chi connectivity index (χ0v) is 23.6. The molecule has 4 rings (SSSR count). The zero-order valence-electron chi connectivity index (χ0n) is 22.0. The summed E-state index contributed by atoms with van der Waals surface area (Å²) in [6.07, 6.45) is 1.40. The predicted octanol–water partition coefficient (Wildman–Crippen LogP) is 5.80. The molecular formula is C30H27ClFN3O5S. The van der Waals surface area contributed by atoms with Gasteiger partial charge in [-0.05, 0) is 84.8 Å². The monoisotopic (exact) mass is 595 g/mol. The van der Waals surface area contributed by atoms with Crippen molar-refractivity contribution in [3.05, 3.63) is 119 Å². The molecular weight excluding hydrogens is 569 g/mol. The van der Waals surface area contributed by atoms with Crippen molar-refractivity contribution in [3.8, 4) is 11.5 Å². The zero-order chi connectivity index (χ0) is 29.2.